The van der Waals surface area contributed by atoms with Crippen molar-refractivity contribution in [1.82, 2.24) is 0 Å². The smallest absolute Gasteiger partial charge is 0.321 e. The number of esters is 1. The summed E-state index contributed by atoms with van der Waals surface area (Å²) in [7, 11) is -3.77. The van der Waals surface area contributed by atoms with E-state index < -0.39 is 21.6 Å². The van der Waals surface area contributed by atoms with Gasteiger partial charge in [-0.15, -0.1) is 11.3 Å². The van der Waals surface area contributed by atoms with E-state index in [2.05, 4.69) is 27.7 Å². The molecule has 11 atom stereocenters. The molecule has 1 aromatic heterocycles. The third-order valence-corrected chi connectivity index (χ3v) is 16.5. The summed E-state index contributed by atoms with van der Waals surface area (Å²) in [5.74, 6) is 1.44. The van der Waals surface area contributed by atoms with Crippen LogP contribution in [0.15, 0.2) is 46.7 Å². The molecular formula is C37H52O6S2. The Balaban J connectivity index is 1.06. The molecule has 6 nitrogen and oxygen atoms in total. The molecule has 4 aliphatic carbocycles. The van der Waals surface area contributed by atoms with Gasteiger partial charge in [0, 0.05) is 4.88 Å². The van der Waals surface area contributed by atoms with Crippen LogP contribution in [0.5, 0.6) is 0 Å². The van der Waals surface area contributed by atoms with Crippen molar-refractivity contribution in [3.8, 4) is 10.4 Å². The summed E-state index contributed by atoms with van der Waals surface area (Å²) >= 11 is 1.18. The van der Waals surface area contributed by atoms with E-state index in [1.165, 1.54) is 11.3 Å². The number of sulfone groups is 1. The summed E-state index contributed by atoms with van der Waals surface area (Å²) in [6, 6.07) is 13.0. The maximum atomic E-state index is 13.0. The molecule has 2 N–H and O–H groups in total. The molecule has 8 heteroatoms. The number of rotatable bonds is 9. The summed E-state index contributed by atoms with van der Waals surface area (Å²) in [4.78, 5) is 13.5. The van der Waals surface area contributed by atoms with E-state index in [4.69, 9.17) is 4.74 Å². The molecule has 0 aliphatic heterocycles. The van der Waals surface area contributed by atoms with E-state index >= 15 is 0 Å². The van der Waals surface area contributed by atoms with Gasteiger partial charge in [-0.3, -0.25) is 4.79 Å². The SMILES string of the molecule is CC[C@H]1[C@@H](O)[C@@H]2[C@H](CC[C@]3(C)[C@@H]([C@H](C)CCOC(=O)CS(=O)(=O)c4ccc(-c5ccccc5)s4)CC[C@@H]23)[C@@]2(C)CC[C@@H](O)C[C@@H]12. The molecule has 0 spiro atoms. The van der Waals surface area contributed by atoms with Crippen LogP contribution in [0.25, 0.3) is 10.4 Å². The number of carbonyl (C=O) groups is 1. The predicted molar refractivity (Wildman–Crippen MR) is 178 cm³/mol. The summed E-state index contributed by atoms with van der Waals surface area (Å²) in [5.41, 5.74) is 1.28. The molecule has 1 aromatic carbocycles. The lowest BCUT2D eigenvalue weighted by Crippen LogP contribution is -2.62. The number of aliphatic hydroxyl groups excluding tert-OH is 2. The zero-order valence-corrected chi connectivity index (χ0v) is 29.0. The fraction of sp³-hybridized carbons (Fsp3) is 0.703. The number of benzene rings is 1. The molecule has 4 saturated carbocycles. The zero-order valence-electron chi connectivity index (χ0n) is 27.4. The van der Waals surface area contributed by atoms with E-state index in [1.54, 1.807) is 12.1 Å². The van der Waals surface area contributed by atoms with Crippen molar-refractivity contribution >= 4 is 27.1 Å². The van der Waals surface area contributed by atoms with Gasteiger partial charge in [-0.05, 0) is 121 Å². The van der Waals surface area contributed by atoms with E-state index in [0.29, 0.717) is 41.9 Å². The second kappa shape index (κ2) is 12.7. The number of carbonyl (C=O) groups excluding carboxylic acids is 1. The van der Waals surface area contributed by atoms with Crippen LogP contribution in [-0.2, 0) is 19.4 Å². The van der Waals surface area contributed by atoms with Crippen molar-refractivity contribution in [2.45, 2.75) is 102 Å². The van der Waals surface area contributed by atoms with Gasteiger partial charge >= 0.3 is 5.97 Å². The van der Waals surface area contributed by atoms with Crippen molar-refractivity contribution in [1.29, 1.82) is 0 Å². The van der Waals surface area contributed by atoms with Gasteiger partial charge in [0.05, 0.1) is 18.8 Å². The van der Waals surface area contributed by atoms with Crippen LogP contribution in [0.2, 0.25) is 0 Å². The van der Waals surface area contributed by atoms with Crippen LogP contribution < -0.4 is 0 Å². The molecule has 45 heavy (non-hydrogen) atoms. The van der Waals surface area contributed by atoms with Crippen LogP contribution in [0, 0.1) is 52.3 Å². The van der Waals surface area contributed by atoms with Gasteiger partial charge in [-0.2, -0.15) is 0 Å². The number of fused-ring (bicyclic) bond motifs is 5. The van der Waals surface area contributed by atoms with Crippen molar-refractivity contribution in [2.24, 2.45) is 52.3 Å². The molecular weight excluding hydrogens is 605 g/mol. The quantitative estimate of drug-likeness (QED) is 0.273. The average Bonchev–Trinajstić information content (AvgIpc) is 3.64. The van der Waals surface area contributed by atoms with E-state index in [1.807, 2.05) is 30.3 Å². The van der Waals surface area contributed by atoms with Crippen molar-refractivity contribution < 1.29 is 28.2 Å². The lowest BCUT2D eigenvalue weighted by Gasteiger charge is -2.64. The highest BCUT2D eigenvalue weighted by Crippen LogP contribution is 2.69. The minimum Gasteiger partial charge on any atom is -0.465 e. The highest BCUT2D eigenvalue weighted by Gasteiger charge is 2.64. The Bertz CT molecular complexity index is 1450. The van der Waals surface area contributed by atoms with Gasteiger partial charge in [0.15, 0.2) is 15.6 Å². The van der Waals surface area contributed by atoms with Crippen molar-refractivity contribution in [3.05, 3.63) is 42.5 Å². The molecule has 0 radical (unpaired) electrons. The minimum absolute atomic E-state index is 0.139. The Morgan fingerprint density at radius 3 is 2.42 bits per heavy atom. The first kappa shape index (κ1) is 33.2. The number of thiophene rings is 1. The molecule has 1 heterocycles. The average molecular weight is 657 g/mol. The zero-order chi connectivity index (χ0) is 32.1. The lowest BCUT2D eigenvalue weighted by molar-refractivity contribution is -0.203. The highest BCUT2D eigenvalue weighted by atomic mass is 32.2. The summed E-state index contributed by atoms with van der Waals surface area (Å²) in [5, 5.41) is 22.5. The normalized spacial score (nSPS) is 38.5. The van der Waals surface area contributed by atoms with E-state index in [9.17, 15) is 23.4 Å². The molecule has 4 aliphatic rings. The van der Waals surface area contributed by atoms with Gasteiger partial charge in [0.25, 0.3) is 0 Å². The molecule has 6 rings (SSSR count). The summed E-state index contributed by atoms with van der Waals surface area (Å²) in [6.45, 7) is 9.63. The molecule has 0 bridgehead atoms. The van der Waals surface area contributed by atoms with Crippen LogP contribution in [0.4, 0.5) is 0 Å². The summed E-state index contributed by atoms with van der Waals surface area (Å²) in [6.07, 6.45) is 8.46. The van der Waals surface area contributed by atoms with Crippen LogP contribution in [0.3, 0.4) is 0 Å². The molecule has 0 unspecified atom stereocenters. The van der Waals surface area contributed by atoms with Gasteiger partial charge < -0.3 is 14.9 Å². The summed E-state index contributed by atoms with van der Waals surface area (Å²) < 4.78 is 31.7. The van der Waals surface area contributed by atoms with Crippen molar-refractivity contribution in [3.63, 3.8) is 0 Å². The molecule has 0 saturated heterocycles. The van der Waals surface area contributed by atoms with Crippen LogP contribution >= 0.6 is 11.3 Å². The third-order valence-electron chi connectivity index (χ3n) is 13.2. The van der Waals surface area contributed by atoms with Crippen molar-refractivity contribution in [2.75, 3.05) is 12.4 Å². The van der Waals surface area contributed by atoms with Gasteiger partial charge in [0.2, 0.25) is 0 Å². The Kier molecular flexibility index (Phi) is 9.36. The fourth-order valence-corrected chi connectivity index (χ4v) is 13.5. The molecule has 248 valence electrons. The monoisotopic (exact) mass is 656 g/mol. The Morgan fingerprint density at radius 1 is 0.978 bits per heavy atom. The Morgan fingerprint density at radius 2 is 1.69 bits per heavy atom. The van der Waals surface area contributed by atoms with Crippen LogP contribution in [-0.4, -0.2) is 49.2 Å². The first-order chi connectivity index (χ1) is 21.4. The van der Waals surface area contributed by atoms with Gasteiger partial charge in [-0.1, -0.05) is 64.4 Å². The number of hydrogen-bond acceptors (Lipinski definition) is 7. The fourth-order valence-electron chi connectivity index (χ4n) is 11.0. The van der Waals surface area contributed by atoms with Gasteiger partial charge in [0.1, 0.15) is 4.21 Å². The first-order valence-electron chi connectivity index (χ1n) is 17.3. The Labute approximate surface area is 273 Å². The molecule has 2 aromatic rings. The van der Waals surface area contributed by atoms with E-state index in [0.717, 1.165) is 61.8 Å². The van der Waals surface area contributed by atoms with E-state index in [-0.39, 0.29) is 39.8 Å². The Hall–Kier alpha value is -1.74. The topological polar surface area (TPSA) is 101 Å². The largest absolute Gasteiger partial charge is 0.465 e. The molecule has 4 fully saturated rings. The maximum absolute atomic E-state index is 13.0. The maximum Gasteiger partial charge on any atom is 0.321 e. The predicted octanol–water partition coefficient (Wildman–Crippen LogP) is 7.38. The second-order valence-corrected chi connectivity index (χ2v) is 18.7. The first-order valence-corrected chi connectivity index (χ1v) is 19.8. The van der Waals surface area contributed by atoms with Crippen LogP contribution in [0.1, 0.15) is 85.5 Å². The third kappa shape index (κ3) is 5.95. The minimum atomic E-state index is -3.77. The lowest BCUT2D eigenvalue weighted by atomic mass is 9.41. The number of ether oxygens (including phenoxy) is 1. The second-order valence-electron chi connectivity index (χ2n) is 15.4. The molecule has 0 amide bonds. The number of hydrogen-bond donors (Lipinski definition) is 2. The standard InChI is InChI=1S/C37H52O6S2/c1-5-26-30-21-25(38)15-18-37(30,4)29-16-19-36(3)27(11-12-28(36)34(29)35(26)40)23(2)17-20-43-32(39)22-45(41,42)33-14-13-31(44-33)24-9-7-6-8-10-24/h6-10,13-14,23,25-30,34-35,38,40H,5,11-12,15-22H2,1-4H3/t23-,25-,26-,27-,28+,29+,30+,34+,35-,36-,37-/m1/s1. The highest BCUT2D eigenvalue weighted by molar-refractivity contribution is 7.94. The van der Waals surface area contributed by atoms with Gasteiger partial charge in [-0.25, -0.2) is 8.42 Å². The number of aliphatic hydroxyl groups is 2.